The van der Waals surface area contributed by atoms with Crippen LogP contribution >= 0.6 is 0 Å². The SMILES string of the molecule is CC=Cc1c(C)nn2c1C(N)N(C)C(C)(c1cc(NC(=O)c3cnc(OC)cn3)ccc1F)C2. The second kappa shape index (κ2) is 8.96. The van der Waals surface area contributed by atoms with Gasteiger partial charge in [-0.15, -0.1) is 0 Å². The lowest BCUT2D eigenvalue weighted by molar-refractivity contribution is 0.0312. The van der Waals surface area contributed by atoms with Crippen LogP contribution in [0.15, 0.2) is 36.7 Å². The zero-order valence-electron chi connectivity index (χ0n) is 19.8. The monoisotopic (exact) mass is 465 g/mol. The molecule has 34 heavy (non-hydrogen) atoms. The van der Waals surface area contributed by atoms with Gasteiger partial charge in [-0.1, -0.05) is 12.2 Å². The molecule has 0 spiro atoms. The average molecular weight is 466 g/mol. The minimum absolute atomic E-state index is 0.114. The van der Waals surface area contributed by atoms with Crippen molar-refractivity contribution in [1.29, 1.82) is 0 Å². The van der Waals surface area contributed by atoms with Gasteiger partial charge in [-0.05, 0) is 46.0 Å². The van der Waals surface area contributed by atoms with E-state index in [0.29, 0.717) is 23.7 Å². The van der Waals surface area contributed by atoms with Crippen molar-refractivity contribution in [2.45, 2.75) is 39.0 Å². The molecule has 3 N–H and O–H groups in total. The minimum atomic E-state index is -0.817. The van der Waals surface area contributed by atoms with Crippen LogP contribution in [0.3, 0.4) is 0 Å². The summed E-state index contributed by atoms with van der Waals surface area (Å²) >= 11 is 0. The fraction of sp³-hybridized carbons (Fsp3) is 0.333. The molecule has 3 aromatic rings. The molecule has 1 aromatic carbocycles. The molecule has 10 heteroatoms. The van der Waals surface area contributed by atoms with E-state index < -0.39 is 23.4 Å². The molecule has 2 unspecified atom stereocenters. The third-order valence-electron chi connectivity index (χ3n) is 6.36. The summed E-state index contributed by atoms with van der Waals surface area (Å²) in [6.45, 7) is 6.19. The summed E-state index contributed by atoms with van der Waals surface area (Å²) in [7, 11) is 3.33. The number of nitrogens with one attached hydrogen (secondary N) is 1. The summed E-state index contributed by atoms with van der Waals surface area (Å²) in [5, 5.41) is 7.44. The van der Waals surface area contributed by atoms with Crippen LogP contribution in [-0.4, -0.2) is 44.7 Å². The first-order valence-electron chi connectivity index (χ1n) is 10.9. The summed E-state index contributed by atoms with van der Waals surface area (Å²) < 4.78 is 22.0. The van der Waals surface area contributed by atoms with E-state index in [1.807, 2.05) is 49.6 Å². The number of benzene rings is 1. The molecule has 1 aliphatic heterocycles. The smallest absolute Gasteiger partial charge is 0.275 e. The molecule has 0 saturated heterocycles. The number of hydrogen-bond donors (Lipinski definition) is 2. The van der Waals surface area contributed by atoms with Crippen LogP contribution < -0.4 is 15.8 Å². The van der Waals surface area contributed by atoms with E-state index in [-0.39, 0.29) is 5.69 Å². The van der Waals surface area contributed by atoms with E-state index in [9.17, 15) is 4.79 Å². The second-order valence-electron chi connectivity index (χ2n) is 8.46. The molecule has 0 saturated carbocycles. The van der Waals surface area contributed by atoms with Crippen LogP contribution in [0.25, 0.3) is 6.08 Å². The van der Waals surface area contributed by atoms with Crippen LogP contribution in [-0.2, 0) is 12.1 Å². The maximum Gasteiger partial charge on any atom is 0.275 e. The number of nitrogens with zero attached hydrogens (tertiary/aromatic N) is 5. The summed E-state index contributed by atoms with van der Waals surface area (Å²) in [6, 6.07) is 4.47. The molecule has 2 aromatic heterocycles. The number of hydrogen-bond acceptors (Lipinski definition) is 7. The second-order valence-corrected chi connectivity index (χ2v) is 8.46. The Morgan fingerprint density at radius 2 is 2.12 bits per heavy atom. The van der Waals surface area contributed by atoms with Gasteiger partial charge >= 0.3 is 0 Å². The minimum Gasteiger partial charge on any atom is -0.480 e. The van der Waals surface area contributed by atoms with Crippen molar-refractivity contribution in [1.82, 2.24) is 24.6 Å². The van der Waals surface area contributed by atoms with Crippen molar-refractivity contribution in [3.05, 3.63) is 70.7 Å². The number of allylic oxidation sites excluding steroid dienone is 1. The summed E-state index contributed by atoms with van der Waals surface area (Å²) in [4.78, 5) is 22.6. The van der Waals surface area contributed by atoms with E-state index in [1.165, 1.54) is 31.6 Å². The van der Waals surface area contributed by atoms with Gasteiger partial charge in [-0.2, -0.15) is 5.10 Å². The third-order valence-corrected chi connectivity index (χ3v) is 6.36. The molecule has 1 aliphatic rings. The lowest BCUT2D eigenvalue weighted by atomic mass is 9.86. The highest BCUT2D eigenvalue weighted by atomic mass is 19.1. The molecule has 178 valence electrons. The number of anilines is 1. The number of aromatic nitrogens is 4. The van der Waals surface area contributed by atoms with Gasteiger partial charge in [-0.3, -0.25) is 14.4 Å². The summed E-state index contributed by atoms with van der Waals surface area (Å²) in [5.74, 6) is -0.562. The van der Waals surface area contributed by atoms with Crippen molar-refractivity contribution in [3.8, 4) is 5.88 Å². The standard InChI is InChI=1S/C24H28FN7O2/c1-6-7-16-14(2)30-32-13-24(3,31(4)22(26)21(16)32)17-10-15(8-9-18(17)25)29-23(33)19-11-28-20(34-5)12-27-19/h6-12,22H,13,26H2,1-5H3,(H,29,33). The van der Waals surface area contributed by atoms with Crippen LogP contribution in [0.5, 0.6) is 5.88 Å². The zero-order valence-corrected chi connectivity index (χ0v) is 19.8. The van der Waals surface area contributed by atoms with E-state index >= 15 is 4.39 Å². The Labute approximate surface area is 197 Å². The number of halogens is 1. The molecule has 3 heterocycles. The Bertz CT molecular complexity index is 1250. The molecular weight excluding hydrogens is 437 g/mol. The lowest BCUT2D eigenvalue weighted by Crippen LogP contribution is -2.54. The number of ether oxygens (including phenoxy) is 1. The molecule has 0 fully saturated rings. The zero-order chi connectivity index (χ0) is 24.6. The summed E-state index contributed by atoms with van der Waals surface area (Å²) in [6.07, 6.45) is 6.11. The highest BCUT2D eigenvalue weighted by Gasteiger charge is 2.44. The highest BCUT2D eigenvalue weighted by molar-refractivity contribution is 6.02. The number of likely N-dealkylation sites (N-methyl/N-ethyl adjacent to an activating group) is 1. The maximum absolute atomic E-state index is 15.2. The van der Waals surface area contributed by atoms with Gasteiger partial charge in [0, 0.05) is 16.8 Å². The quantitative estimate of drug-likeness (QED) is 0.595. The summed E-state index contributed by atoms with van der Waals surface area (Å²) in [5.41, 5.74) is 9.48. The lowest BCUT2D eigenvalue weighted by Gasteiger charge is -2.47. The van der Waals surface area contributed by atoms with Crippen LogP contribution in [0.1, 0.15) is 53.0 Å². The fourth-order valence-corrected chi connectivity index (χ4v) is 4.34. The van der Waals surface area contributed by atoms with Crippen LogP contribution in [0, 0.1) is 12.7 Å². The Balaban J connectivity index is 1.68. The van der Waals surface area contributed by atoms with Gasteiger partial charge in [0.25, 0.3) is 5.91 Å². The Morgan fingerprint density at radius 3 is 2.76 bits per heavy atom. The van der Waals surface area contributed by atoms with Gasteiger partial charge in [-0.25, -0.2) is 14.4 Å². The average Bonchev–Trinajstić information content (AvgIpc) is 3.13. The van der Waals surface area contributed by atoms with Gasteiger partial charge in [0.05, 0.1) is 43.0 Å². The molecule has 9 nitrogen and oxygen atoms in total. The number of aryl methyl sites for hydroxylation is 1. The largest absolute Gasteiger partial charge is 0.480 e. The van der Waals surface area contributed by atoms with Crippen molar-refractivity contribution in [2.24, 2.45) is 5.73 Å². The van der Waals surface area contributed by atoms with Crippen molar-refractivity contribution in [3.63, 3.8) is 0 Å². The first kappa shape index (κ1) is 23.5. The Hall–Kier alpha value is -3.63. The fourth-order valence-electron chi connectivity index (χ4n) is 4.34. The molecule has 2 atom stereocenters. The van der Waals surface area contributed by atoms with Crippen molar-refractivity contribution in [2.75, 3.05) is 19.5 Å². The molecule has 0 bridgehead atoms. The van der Waals surface area contributed by atoms with E-state index in [4.69, 9.17) is 10.5 Å². The first-order chi connectivity index (χ1) is 16.2. The molecule has 4 rings (SSSR count). The molecular formula is C24H28FN7O2. The topological polar surface area (TPSA) is 111 Å². The van der Waals surface area contributed by atoms with Gasteiger partial charge in [0.15, 0.2) is 0 Å². The number of rotatable bonds is 5. The number of carbonyl (C=O) groups excluding carboxylic acids is 1. The van der Waals surface area contributed by atoms with Gasteiger partial charge < -0.3 is 15.8 Å². The number of carbonyl (C=O) groups is 1. The number of methoxy groups -OCH3 is 1. The first-order valence-corrected chi connectivity index (χ1v) is 10.9. The van der Waals surface area contributed by atoms with E-state index in [1.54, 1.807) is 6.07 Å². The van der Waals surface area contributed by atoms with Crippen LogP contribution in [0.4, 0.5) is 10.1 Å². The van der Waals surface area contributed by atoms with Gasteiger partial charge in [0.1, 0.15) is 17.7 Å². The highest BCUT2D eigenvalue weighted by Crippen LogP contribution is 2.41. The predicted molar refractivity (Wildman–Crippen MR) is 127 cm³/mol. The Morgan fingerprint density at radius 1 is 1.35 bits per heavy atom. The number of fused-ring (bicyclic) bond motifs is 1. The van der Waals surface area contributed by atoms with Crippen LogP contribution in [0.2, 0.25) is 0 Å². The van der Waals surface area contributed by atoms with E-state index in [0.717, 1.165) is 17.0 Å². The molecule has 1 amide bonds. The molecule has 0 radical (unpaired) electrons. The normalized spacial score (nSPS) is 20.4. The number of nitrogens with two attached hydrogens (primary N) is 1. The van der Waals surface area contributed by atoms with Crippen molar-refractivity contribution >= 4 is 17.7 Å². The predicted octanol–water partition coefficient (Wildman–Crippen LogP) is 3.23. The maximum atomic E-state index is 15.2. The van der Waals surface area contributed by atoms with Crippen molar-refractivity contribution < 1.29 is 13.9 Å². The molecule has 0 aliphatic carbocycles. The Kier molecular flexibility index (Phi) is 6.20. The third kappa shape index (κ3) is 3.95. The van der Waals surface area contributed by atoms with Gasteiger partial charge in [0.2, 0.25) is 5.88 Å². The van der Waals surface area contributed by atoms with E-state index in [2.05, 4.69) is 20.4 Å². The number of amides is 1.